The smallest absolute Gasteiger partial charge is 0.203 e. The minimum absolute atomic E-state index is 0.00764. The predicted octanol–water partition coefficient (Wildman–Crippen LogP) is 3.35. The number of nitrogens with one attached hydrogen (secondary N) is 2. The largest absolute Gasteiger partial charge is 0.493 e. The zero-order chi connectivity index (χ0) is 17.0. The quantitative estimate of drug-likeness (QED) is 0.854. The van der Waals surface area contributed by atoms with Crippen LogP contribution in [0.5, 0.6) is 17.2 Å². The Labute approximate surface area is 137 Å². The molecule has 0 radical (unpaired) electrons. The van der Waals surface area contributed by atoms with Gasteiger partial charge in [0.05, 0.1) is 27.0 Å². The number of hydrogen-bond donors (Lipinski definition) is 2. The van der Waals surface area contributed by atoms with E-state index in [0.29, 0.717) is 23.8 Å². The van der Waals surface area contributed by atoms with Gasteiger partial charge in [-0.2, -0.15) is 5.10 Å². The Morgan fingerprint density at radius 2 is 1.65 bits per heavy atom. The van der Waals surface area contributed by atoms with Crippen molar-refractivity contribution in [2.24, 2.45) is 0 Å². The molecule has 0 aliphatic rings. The Balaban J connectivity index is 2.23. The second-order valence-electron chi connectivity index (χ2n) is 6.28. The number of anilines is 1. The number of rotatable bonds is 6. The van der Waals surface area contributed by atoms with Crippen molar-refractivity contribution in [3.63, 3.8) is 0 Å². The maximum absolute atomic E-state index is 5.37. The van der Waals surface area contributed by atoms with Crippen LogP contribution in [-0.4, -0.2) is 31.5 Å². The minimum atomic E-state index is -0.00764. The van der Waals surface area contributed by atoms with Gasteiger partial charge in [-0.3, -0.25) is 5.10 Å². The molecule has 2 aromatic rings. The van der Waals surface area contributed by atoms with E-state index in [1.165, 1.54) is 0 Å². The minimum Gasteiger partial charge on any atom is -0.493 e. The molecule has 0 spiro atoms. The molecule has 0 aliphatic heterocycles. The van der Waals surface area contributed by atoms with Crippen molar-refractivity contribution >= 4 is 5.69 Å². The Bertz CT molecular complexity index is 634. The number of hydrogen-bond acceptors (Lipinski definition) is 5. The molecular weight excluding hydrogens is 294 g/mol. The molecule has 2 rings (SSSR count). The summed E-state index contributed by atoms with van der Waals surface area (Å²) in [4.78, 5) is 0. The fourth-order valence-electron chi connectivity index (χ4n) is 2.48. The lowest BCUT2D eigenvalue weighted by Gasteiger charge is -2.18. The van der Waals surface area contributed by atoms with E-state index in [1.807, 2.05) is 18.3 Å². The van der Waals surface area contributed by atoms with Crippen molar-refractivity contribution in [2.75, 3.05) is 26.6 Å². The highest BCUT2D eigenvalue weighted by molar-refractivity contribution is 5.62. The highest BCUT2D eigenvalue weighted by Gasteiger charge is 2.21. The molecular formula is C17H25N3O3. The molecule has 23 heavy (non-hydrogen) atoms. The molecule has 1 aromatic heterocycles. The van der Waals surface area contributed by atoms with E-state index in [-0.39, 0.29) is 5.41 Å². The molecule has 126 valence electrons. The lowest BCUT2D eigenvalue weighted by molar-refractivity contribution is 0.324. The normalized spacial score (nSPS) is 11.2. The van der Waals surface area contributed by atoms with E-state index in [9.17, 15) is 0 Å². The Morgan fingerprint density at radius 1 is 1.04 bits per heavy atom. The van der Waals surface area contributed by atoms with Crippen molar-refractivity contribution in [3.05, 3.63) is 29.6 Å². The number of benzene rings is 1. The van der Waals surface area contributed by atoms with Crippen molar-refractivity contribution in [1.82, 2.24) is 10.2 Å². The Hall–Kier alpha value is -2.37. The SMILES string of the molecule is COc1cc(NCc2c[nH]nc2C(C)(C)C)cc(OC)c1OC. The first kappa shape index (κ1) is 17.0. The standard InChI is InChI=1S/C17H25N3O3/c1-17(2,3)16-11(10-19-20-16)9-18-12-7-13(21-4)15(23-6)14(8-12)22-5/h7-8,10,18H,9H2,1-6H3,(H,19,20). The van der Waals surface area contributed by atoms with Gasteiger partial charge < -0.3 is 19.5 Å². The van der Waals surface area contributed by atoms with Gasteiger partial charge in [0.25, 0.3) is 0 Å². The predicted molar refractivity (Wildman–Crippen MR) is 90.7 cm³/mol. The van der Waals surface area contributed by atoms with Gasteiger partial charge in [0, 0.05) is 41.5 Å². The molecule has 1 aromatic carbocycles. The zero-order valence-corrected chi connectivity index (χ0v) is 14.6. The van der Waals surface area contributed by atoms with Gasteiger partial charge in [-0.15, -0.1) is 0 Å². The van der Waals surface area contributed by atoms with Crippen LogP contribution in [0.4, 0.5) is 5.69 Å². The molecule has 0 bridgehead atoms. The van der Waals surface area contributed by atoms with E-state index in [4.69, 9.17) is 14.2 Å². The molecule has 1 heterocycles. The van der Waals surface area contributed by atoms with Crippen LogP contribution < -0.4 is 19.5 Å². The van der Waals surface area contributed by atoms with E-state index in [2.05, 4.69) is 36.3 Å². The van der Waals surface area contributed by atoms with Gasteiger partial charge >= 0.3 is 0 Å². The van der Waals surface area contributed by atoms with Crippen LogP contribution in [0.1, 0.15) is 32.0 Å². The number of H-pyrrole nitrogens is 1. The van der Waals surface area contributed by atoms with E-state index < -0.39 is 0 Å². The van der Waals surface area contributed by atoms with Crippen LogP contribution in [0.2, 0.25) is 0 Å². The molecule has 0 aliphatic carbocycles. The highest BCUT2D eigenvalue weighted by Crippen LogP contribution is 2.40. The molecule has 6 nitrogen and oxygen atoms in total. The molecule has 0 saturated carbocycles. The summed E-state index contributed by atoms with van der Waals surface area (Å²) in [5.74, 6) is 1.83. The summed E-state index contributed by atoms with van der Waals surface area (Å²) in [6, 6.07) is 3.77. The summed E-state index contributed by atoms with van der Waals surface area (Å²) in [5.41, 5.74) is 3.07. The average molecular weight is 319 g/mol. The molecule has 0 fully saturated rings. The third-order valence-corrected chi connectivity index (χ3v) is 3.58. The van der Waals surface area contributed by atoms with E-state index in [1.54, 1.807) is 21.3 Å². The maximum atomic E-state index is 5.37. The van der Waals surface area contributed by atoms with Crippen LogP contribution in [0.25, 0.3) is 0 Å². The number of ether oxygens (including phenoxy) is 3. The zero-order valence-electron chi connectivity index (χ0n) is 14.6. The van der Waals surface area contributed by atoms with Crippen LogP contribution in [0, 0.1) is 0 Å². The van der Waals surface area contributed by atoms with Gasteiger partial charge in [0.2, 0.25) is 5.75 Å². The van der Waals surface area contributed by atoms with Crippen molar-refractivity contribution in [2.45, 2.75) is 32.7 Å². The van der Waals surface area contributed by atoms with Crippen molar-refractivity contribution < 1.29 is 14.2 Å². The number of aromatic nitrogens is 2. The summed E-state index contributed by atoms with van der Waals surface area (Å²) in [6.45, 7) is 7.09. The summed E-state index contributed by atoms with van der Waals surface area (Å²) < 4.78 is 16.1. The first-order valence-corrected chi connectivity index (χ1v) is 7.47. The first-order chi connectivity index (χ1) is 10.9. The Morgan fingerprint density at radius 3 is 2.13 bits per heavy atom. The van der Waals surface area contributed by atoms with Gasteiger partial charge in [0.1, 0.15) is 0 Å². The average Bonchev–Trinajstić information content (AvgIpc) is 3.00. The maximum Gasteiger partial charge on any atom is 0.203 e. The highest BCUT2D eigenvalue weighted by atomic mass is 16.5. The lowest BCUT2D eigenvalue weighted by atomic mass is 9.89. The Kier molecular flexibility index (Phi) is 5.03. The van der Waals surface area contributed by atoms with Gasteiger partial charge in [-0.1, -0.05) is 20.8 Å². The summed E-state index contributed by atoms with van der Waals surface area (Å²) >= 11 is 0. The van der Waals surface area contributed by atoms with E-state index in [0.717, 1.165) is 16.9 Å². The molecule has 2 N–H and O–H groups in total. The third kappa shape index (κ3) is 3.70. The number of nitrogens with zero attached hydrogens (tertiary/aromatic N) is 1. The number of methoxy groups -OCH3 is 3. The second-order valence-corrected chi connectivity index (χ2v) is 6.28. The molecule has 0 atom stereocenters. The van der Waals surface area contributed by atoms with Crippen molar-refractivity contribution in [3.8, 4) is 17.2 Å². The summed E-state index contributed by atoms with van der Waals surface area (Å²) in [6.07, 6.45) is 1.92. The van der Waals surface area contributed by atoms with Crippen LogP contribution >= 0.6 is 0 Å². The summed E-state index contributed by atoms with van der Waals surface area (Å²) in [5, 5.41) is 10.7. The molecule has 0 saturated heterocycles. The van der Waals surface area contributed by atoms with E-state index >= 15 is 0 Å². The number of aromatic amines is 1. The van der Waals surface area contributed by atoms with Gasteiger partial charge in [0.15, 0.2) is 11.5 Å². The van der Waals surface area contributed by atoms with Gasteiger partial charge in [-0.05, 0) is 0 Å². The van der Waals surface area contributed by atoms with Crippen LogP contribution in [-0.2, 0) is 12.0 Å². The van der Waals surface area contributed by atoms with Crippen LogP contribution in [0.3, 0.4) is 0 Å². The van der Waals surface area contributed by atoms with Crippen molar-refractivity contribution in [1.29, 1.82) is 0 Å². The fourth-order valence-corrected chi connectivity index (χ4v) is 2.48. The molecule has 0 unspecified atom stereocenters. The fraction of sp³-hybridized carbons (Fsp3) is 0.471. The topological polar surface area (TPSA) is 68.4 Å². The molecule has 0 amide bonds. The lowest BCUT2D eigenvalue weighted by Crippen LogP contribution is -2.15. The monoisotopic (exact) mass is 319 g/mol. The third-order valence-electron chi connectivity index (χ3n) is 3.58. The first-order valence-electron chi connectivity index (χ1n) is 7.47. The van der Waals surface area contributed by atoms with Crippen LogP contribution in [0.15, 0.2) is 18.3 Å². The second kappa shape index (κ2) is 6.81. The summed E-state index contributed by atoms with van der Waals surface area (Å²) in [7, 11) is 4.80. The van der Waals surface area contributed by atoms with Gasteiger partial charge in [-0.25, -0.2) is 0 Å². The molecule has 6 heteroatoms.